The molecule has 0 aliphatic rings. The predicted octanol–water partition coefficient (Wildman–Crippen LogP) is 4.77. The van der Waals surface area contributed by atoms with Gasteiger partial charge in [0.15, 0.2) is 0 Å². The Morgan fingerprint density at radius 3 is 2.59 bits per heavy atom. The first-order valence-electron chi connectivity index (χ1n) is 8.59. The van der Waals surface area contributed by atoms with E-state index >= 15 is 0 Å². The van der Waals surface area contributed by atoms with E-state index in [-0.39, 0.29) is 11.7 Å². The van der Waals surface area contributed by atoms with Gasteiger partial charge in [-0.15, -0.1) is 11.3 Å². The van der Waals surface area contributed by atoms with E-state index in [2.05, 4.69) is 10.3 Å². The molecule has 136 valence electrons. The summed E-state index contributed by atoms with van der Waals surface area (Å²) in [5, 5.41) is 3.93. The summed E-state index contributed by atoms with van der Waals surface area (Å²) >= 11 is 1.39. The number of nitrogens with zero attached hydrogens (tertiary/aromatic N) is 2. The first kappa shape index (κ1) is 17.4. The number of carbonyl (C=O) groups is 1. The molecule has 3 heterocycles. The first-order chi connectivity index (χ1) is 13.0. The number of carbonyl (C=O) groups excluding carboxylic acids is 1. The number of halogens is 1. The van der Waals surface area contributed by atoms with Gasteiger partial charge in [0, 0.05) is 30.0 Å². The lowest BCUT2D eigenvalue weighted by molar-refractivity contribution is 0.0955. The molecule has 0 radical (unpaired) electrons. The molecular formula is C21H18FN3OS. The Morgan fingerprint density at radius 1 is 1.19 bits per heavy atom. The highest BCUT2D eigenvalue weighted by atomic mass is 32.1. The molecule has 4 rings (SSSR count). The summed E-state index contributed by atoms with van der Waals surface area (Å²) < 4.78 is 15.0. The van der Waals surface area contributed by atoms with Gasteiger partial charge in [-0.3, -0.25) is 4.79 Å². The lowest BCUT2D eigenvalue weighted by atomic mass is 10.1. The van der Waals surface area contributed by atoms with E-state index in [4.69, 9.17) is 0 Å². The normalized spacial score (nSPS) is 11.1. The zero-order valence-corrected chi connectivity index (χ0v) is 15.8. The number of hydrogen-bond donors (Lipinski definition) is 1. The molecule has 0 bridgehead atoms. The lowest BCUT2D eigenvalue weighted by Crippen LogP contribution is -2.23. The van der Waals surface area contributed by atoms with Crippen molar-refractivity contribution in [3.05, 3.63) is 82.4 Å². The van der Waals surface area contributed by atoms with Crippen LogP contribution in [0.2, 0.25) is 0 Å². The van der Waals surface area contributed by atoms with E-state index < -0.39 is 0 Å². The van der Waals surface area contributed by atoms with Crippen LogP contribution >= 0.6 is 11.3 Å². The minimum atomic E-state index is -0.290. The summed E-state index contributed by atoms with van der Waals surface area (Å²) in [6.07, 6.45) is 3.86. The topological polar surface area (TPSA) is 46.9 Å². The van der Waals surface area contributed by atoms with Gasteiger partial charge in [-0.25, -0.2) is 9.37 Å². The number of aryl methyl sites for hydroxylation is 2. The number of nitrogens with one attached hydrogen (secondary N) is 1. The Labute approximate surface area is 160 Å². The average Bonchev–Trinajstić information content (AvgIpc) is 3.28. The van der Waals surface area contributed by atoms with Crippen LogP contribution in [0.5, 0.6) is 0 Å². The first-order valence-corrected chi connectivity index (χ1v) is 9.41. The number of aromatic nitrogens is 2. The summed E-state index contributed by atoms with van der Waals surface area (Å²) in [4.78, 5) is 19.0. The summed E-state index contributed by atoms with van der Waals surface area (Å²) in [6, 6.07) is 12.0. The Bertz CT molecular complexity index is 1110. The molecule has 4 nitrogen and oxygen atoms in total. The van der Waals surface area contributed by atoms with Crippen molar-refractivity contribution in [1.29, 1.82) is 0 Å². The van der Waals surface area contributed by atoms with Crippen molar-refractivity contribution in [2.24, 2.45) is 0 Å². The molecule has 1 aromatic carbocycles. The standard InChI is InChI=1S/C21H18FN3OS/c1-13-11-14(2)24-21-17(13)18(25-9-3-4-10-25)19(27-21)20(26)23-12-15-5-7-16(22)8-6-15/h3-11H,12H2,1-2H3,(H,23,26). The highest BCUT2D eigenvalue weighted by Crippen LogP contribution is 2.35. The van der Waals surface area contributed by atoms with Crippen LogP contribution in [0.4, 0.5) is 4.39 Å². The smallest absolute Gasteiger partial charge is 0.263 e. The van der Waals surface area contributed by atoms with Crippen molar-refractivity contribution in [2.75, 3.05) is 0 Å². The molecule has 3 aromatic heterocycles. The zero-order chi connectivity index (χ0) is 19.0. The van der Waals surface area contributed by atoms with Gasteiger partial charge in [0.2, 0.25) is 0 Å². The molecule has 0 spiro atoms. The van der Waals surface area contributed by atoms with Gasteiger partial charge < -0.3 is 9.88 Å². The number of rotatable bonds is 4. The Balaban J connectivity index is 1.74. The van der Waals surface area contributed by atoms with Crippen LogP contribution in [0.3, 0.4) is 0 Å². The second kappa shape index (κ2) is 6.96. The van der Waals surface area contributed by atoms with Crippen LogP contribution in [0.15, 0.2) is 54.9 Å². The van der Waals surface area contributed by atoms with E-state index in [0.29, 0.717) is 11.4 Å². The molecule has 0 saturated carbocycles. The Hall–Kier alpha value is -2.99. The summed E-state index contributed by atoms with van der Waals surface area (Å²) in [7, 11) is 0. The van der Waals surface area contributed by atoms with Crippen molar-refractivity contribution in [2.45, 2.75) is 20.4 Å². The van der Waals surface area contributed by atoms with Crippen LogP contribution in [-0.4, -0.2) is 15.5 Å². The van der Waals surface area contributed by atoms with Gasteiger partial charge in [-0.1, -0.05) is 12.1 Å². The van der Waals surface area contributed by atoms with Crippen LogP contribution in [-0.2, 0) is 6.54 Å². The Kier molecular flexibility index (Phi) is 4.49. The average molecular weight is 379 g/mol. The number of pyridine rings is 1. The van der Waals surface area contributed by atoms with Crippen molar-refractivity contribution < 1.29 is 9.18 Å². The third-order valence-electron chi connectivity index (χ3n) is 4.40. The second-order valence-electron chi connectivity index (χ2n) is 6.44. The molecule has 4 aromatic rings. The molecule has 0 saturated heterocycles. The van der Waals surface area contributed by atoms with Crippen LogP contribution in [0.1, 0.15) is 26.5 Å². The van der Waals surface area contributed by atoms with E-state index in [1.54, 1.807) is 12.1 Å². The van der Waals surface area contributed by atoms with Gasteiger partial charge in [0.05, 0.1) is 5.69 Å². The fourth-order valence-corrected chi connectivity index (χ4v) is 4.38. The van der Waals surface area contributed by atoms with Gasteiger partial charge >= 0.3 is 0 Å². The molecule has 0 atom stereocenters. The molecule has 0 unspecified atom stereocenters. The minimum absolute atomic E-state index is 0.164. The second-order valence-corrected chi connectivity index (χ2v) is 7.44. The molecule has 1 N–H and O–H groups in total. The van der Waals surface area contributed by atoms with Crippen LogP contribution in [0, 0.1) is 19.7 Å². The van der Waals surface area contributed by atoms with E-state index in [0.717, 1.165) is 32.7 Å². The fourth-order valence-electron chi connectivity index (χ4n) is 3.17. The summed E-state index contributed by atoms with van der Waals surface area (Å²) in [5.74, 6) is -0.454. The number of amides is 1. The van der Waals surface area contributed by atoms with Gasteiger partial charge in [-0.2, -0.15) is 0 Å². The zero-order valence-electron chi connectivity index (χ0n) is 15.0. The lowest BCUT2D eigenvalue weighted by Gasteiger charge is -2.09. The fraction of sp³-hybridized carbons (Fsp3) is 0.143. The highest BCUT2D eigenvalue weighted by Gasteiger charge is 2.22. The van der Waals surface area contributed by atoms with E-state index in [9.17, 15) is 9.18 Å². The predicted molar refractivity (Wildman–Crippen MR) is 106 cm³/mol. The molecule has 0 fully saturated rings. The number of hydrogen-bond acceptors (Lipinski definition) is 3. The van der Waals surface area contributed by atoms with Gasteiger partial charge in [0.1, 0.15) is 15.5 Å². The van der Waals surface area contributed by atoms with E-state index in [1.165, 1.54) is 23.5 Å². The molecule has 27 heavy (non-hydrogen) atoms. The van der Waals surface area contributed by atoms with Crippen LogP contribution in [0.25, 0.3) is 15.9 Å². The third-order valence-corrected chi connectivity index (χ3v) is 5.47. The van der Waals surface area contributed by atoms with Crippen molar-refractivity contribution >= 4 is 27.5 Å². The van der Waals surface area contributed by atoms with Crippen molar-refractivity contribution in [3.63, 3.8) is 0 Å². The van der Waals surface area contributed by atoms with Crippen LogP contribution < -0.4 is 5.32 Å². The number of fused-ring (bicyclic) bond motifs is 1. The maximum atomic E-state index is 13.1. The minimum Gasteiger partial charge on any atom is -0.347 e. The van der Waals surface area contributed by atoms with Gasteiger partial charge in [-0.05, 0) is 55.3 Å². The summed E-state index contributed by atoms with van der Waals surface area (Å²) in [5.41, 5.74) is 3.72. The maximum Gasteiger partial charge on any atom is 0.263 e. The monoisotopic (exact) mass is 379 g/mol. The number of benzene rings is 1. The maximum absolute atomic E-state index is 13.1. The Morgan fingerprint density at radius 2 is 1.89 bits per heavy atom. The van der Waals surface area contributed by atoms with Crippen molar-refractivity contribution in [1.82, 2.24) is 14.9 Å². The molecule has 1 amide bonds. The van der Waals surface area contributed by atoms with Gasteiger partial charge in [0.25, 0.3) is 5.91 Å². The van der Waals surface area contributed by atoms with E-state index in [1.807, 2.05) is 49.0 Å². The SMILES string of the molecule is Cc1cc(C)c2c(-n3cccc3)c(C(=O)NCc3ccc(F)cc3)sc2n1. The summed E-state index contributed by atoms with van der Waals surface area (Å²) in [6.45, 7) is 4.33. The molecular weight excluding hydrogens is 361 g/mol. The highest BCUT2D eigenvalue weighted by molar-refractivity contribution is 7.21. The largest absolute Gasteiger partial charge is 0.347 e. The third kappa shape index (κ3) is 3.36. The quantitative estimate of drug-likeness (QED) is 0.555. The van der Waals surface area contributed by atoms with Crippen molar-refractivity contribution in [3.8, 4) is 5.69 Å². The molecule has 0 aliphatic heterocycles. The molecule has 0 aliphatic carbocycles. The molecule has 6 heteroatoms. The number of thiophene rings is 1.